The van der Waals surface area contributed by atoms with Gasteiger partial charge in [0.25, 0.3) is 5.91 Å². The van der Waals surface area contributed by atoms with Crippen LogP contribution < -0.4 is 21.3 Å². The first-order chi connectivity index (χ1) is 21.7. The Morgan fingerprint density at radius 1 is 0.659 bits per heavy atom. The lowest BCUT2D eigenvalue weighted by molar-refractivity contribution is 0.00728. The average Bonchev–Trinajstić information content (AvgIpc) is 3.04. The van der Waals surface area contributed by atoms with Crippen molar-refractivity contribution < 1.29 is 14.3 Å². The molecule has 0 aliphatic heterocycles. The number of benzene rings is 2. The van der Waals surface area contributed by atoms with Gasteiger partial charge in [0, 0.05) is 31.2 Å². The smallest absolute Gasteiger partial charge is 0.251 e. The summed E-state index contributed by atoms with van der Waals surface area (Å²) in [5.41, 5.74) is 1.92. The van der Waals surface area contributed by atoms with Crippen LogP contribution in [0, 0.1) is 23.7 Å². The van der Waals surface area contributed by atoms with Crippen molar-refractivity contribution in [3.63, 3.8) is 0 Å². The van der Waals surface area contributed by atoms with Crippen molar-refractivity contribution >= 4 is 23.8 Å². The molecule has 4 bridgehead atoms. The lowest BCUT2D eigenvalue weighted by atomic mass is 9.54. The van der Waals surface area contributed by atoms with Crippen LogP contribution in [0.5, 0.6) is 0 Å². The predicted molar refractivity (Wildman–Crippen MR) is 172 cm³/mol. The number of ether oxygens (including phenoxy) is 2. The number of amides is 1. The average molecular weight is 600 g/mol. The second-order valence-corrected chi connectivity index (χ2v) is 12.3. The molecule has 7 rings (SSSR count). The Morgan fingerprint density at radius 3 is 1.89 bits per heavy atom. The molecule has 0 atom stereocenters. The van der Waals surface area contributed by atoms with Crippen LogP contribution in [0.1, 0.15) is 48.0 Å². The molecule has 234 valence electrons. The number of carbonyl (C=O) groups excluding carboxylic acids is 1. The van der Waals surface area contributed by atoms with Crippen LogP contribution in [0.15, 0.2) is 60.7 Å². The first-order valence-electron chi connectivity index (χ1n) is 16.2. The van der Waals surface area contributed by atoms with Crippen LogP contribution >= 0.6 is 0 Å². The molecule has 4 fully saturated rings. The fourth-order valence-electron chi connectivity index (χ4n) is 7.36. The molecule has 4 aliphatic rings. The van der Waals surface area contributed by atoms with Gasteiger partial charge in [-0.3, -0.25) is 4.79 Å². The Bertz CT molecular complexity index is 1300. The second-order valence-electron chi connectivity index (χ2n) is 12.3. The van der Waals surface area contributed by atoms with Crippen molar-refractivity contribution in [2.45, 2.75) is 44.6 Å². The van der Waals surface area contributed by atoms with Gasteiger partial charge in [-0.25, -0.2) is 0 Å². The SMILES string of the molecule is O=C(NCCOCCOCCNc1nc(NCCc2ccccc2)nc(NC2C3CC4CC(C3)CC2C4)n1)c1ccccc1. The Hall–Kier alpha value is -3.76. The van der Waals surface area contributed by atoms with E-state index < -0.39 is 0 Å². The van der Waals surface area contributed by atoms with Crippen LogP contribution in [0.2, 0.25) is 0 Å². The van der Waals surface area contributed by atoms with E-state index in [1.807, 2.05) is 24.3 Å². The van der Waals surface area contributed by atoms with E-state index in [-0.39, 0.29) is 5.91 Å². The first-order valence-corrected chi connectivity index (χ1v) is 16.2. The molecular weight excluding hydrogens is 554 g/mol. The minimum atomic E-state index is -0.0965. The summed E-state index contributed by atoms with van der Waals surface area (Å²) < 4.78 is 11.3. The molecule has 0 radical (unpaired) electrons. The van der Waals surface area contributed by atoms with Crippen molar-refractivity contribution in [3.05, 3.63) is 71.8 Å². The number of carbonyl (C=O) groups is 1. The van der Waals surface area contributed by atoms with Gasteiger partial charge in [0.05, 0.1) is 26.4 Å². The minimum absolute atomic E-state index is 0.0965. The molecule has 44 heavy (non-hydrogen) atoms. The summed E-state index contributed by atoms with van der Waals surface area (Å²) in [5.74, 6) is 4.98. The number of nitrogens with one attached hydrogen (secondary N) is 4. The van der Waals surface area contributed by atoms with Crippen molar-refractivity contribution in [2.75, 3.05) is 62.0 Å². The van der Waals surface area contributed by atoms with E-state index in [1.54, 1.807) is 12.1 Å². The molecule has 4 aliphatic carbocycles. The van der Waals surface area contributed by atoms with E-state index in [0.29, 0.717) is 69.0 Å². The first kappa shape index (κ1) is 30.3. The van der Waals surface area contributed by atoms with Crippen molar-refractivity contribution in [1.82, 2.24) is 20.3 Å². The van der Waals surface area contributed by atoms with Crippen molar-refractivity contribution in [3.8, 4) is 0 Å². The second kappa shape index (κ2) is 15.3. The van der Waals surface area contributed by atoms with Crippen molar-refractivity contribution in [2.24, 2.45) is 23.7 Å². The van der Waals surface area contributed by atoms with E-state index in [0.717, 1.165) is 36.6 Å². The molecule has 10 nitrogen and oxygen atoms in total. The maximum atomic E-state index is 12.1. The highest BCUT2D eigenvalue weighted by Crippen LogP contribution is 2.54. The highest BCUT2D eigenvalue weighted by molar-refractivity contribution is 5.94. The summed E-state index contributed by atoms with van der Waals surface area (Å²) in [4.78, 5) is 26.2. The van der Waals surface area contributed by atoms with Crippen LogP contribution in [0.25, 0.3) is 0 Å². The van der Waals surface area contributed by atoms with E-state index in [4.69, 9.17) is 19.4 Å². The summed E-state index contributed by atoms with van der Waals surface area (Å²) in [6, 6.07) is 20.0. The van der Waals surface area contributed by atoms with Gasteiger partial charge in [0.15, 0.2) is 0 Å². The van der Waals surface area contributed by atoms with Crippen LogP contribution in [0.3, 0.4) is 0 Å². The molecular formula is C34H45N7O3. The molecule has 4 N–H and O–H groups in total. The predicted octanol–water partition coefficient (Wildman–Crippen LogP) is 4.64. The number of anilines is 3. The zero-order valence-corrected chi connectivity index (χ0v) is 25.4. The van der Waals surface area contributed by atoms with Gasteiger partial charge in [-0.1, -0.05) is 48.5 Å². The summed E-state index contributed by atoms with van der Waals surface area (Å²) >= 11 is 0. The normalized spacial score (nSPS) is 23.3. The maximum absolute atomic E-state index is 12.1. The lowest BCUT2D eigenvalue weighted by Crippen LogP contribution is -2.51. The minimum Gasteiger partial charge on any atom is -0.377 e. The number of hydrogen-bond acceptors (Lipinski definition) is 9. The largest absolute Gasteiger partial charge is 0.377 e. The van der Waals surface area contributed by atoms with E-state index in [9.17, 15) is 4.79 Å². The third kappa shape index (κ3) is 8.45. The Kier molecular flexibility index (Phi) is 10.5. The molecule has 0 unspecified atom stereocenters. The zero-order chi connectivity index (χ0) is 30.0. The topological polar surface area (TPSA) is 122 Å². The van der Waals surface area contributed by atoms with Crippen LogP contribution in [-0.4, -0.2) is 73.0 Å². The van der Waals surface area contributed by atoms with E-state index in [2.05, 4.69) is 50.5 Å². The molecule has 0 saturated heterocycles. The summed E-state index contributed by atoms with van der Waals surface area (Å²) in [6.07, 6.45) is 7.69. The van der Waals surface area contributed by atoms with Gasteiger partial charge in [0.1, 0.15) is 0 Å². The van der Waals surface area contributed by atoms with Crippen LogP contribution in [-0.2, 0) is 15.9 Å². The molecule has 2 aromatic carbocycles. The third-order valence-corrected chi connectivity index (χ3v) is 9.17. The van der Waals surface area contributed by atoms with Gasteiger partial charge in [0.2, 0.25) is 17.8 Å². The van der Waals surface area contributed by atoms with Crippen molar-refractivity contribution in [1.29, 1.82) is 0 Å². The summed E-state index contributed by atoms with van der Waals surface area (Å²) in [6.45, 7) is 3.62. The molecule has 1 amide bonds. The van der Waals surface area contributed by atoms with Gasteiger partial charge < -0.3 is 30.7 Å². The van der Waals surface area contributed by atoms with E-state index in [1.165, 1.54) is 37.7 Å². The fraction of sp³-hybridized carbons (Fsp3) is 0.529. The Morgan fingerprint density at radius 2 is 1.23 bits per heavy atom. The quantitative estimate of drug-likeness (QED) is 0.164. The number of aromatic nitrogens is 3. The van der Waals surface area contributed by atoms with Gasteiger partial charge in [-0.2, -0.15) is 15.0 Å². The molecule has 0 spiro atoms. The van der Waals surface area contributed by atoms with Crippen LogP contribution in [0.4, 0.5) is 17.8 Å². The number of rotatable bonds is 17. The fourth-order valence-corrected chi connectivity index (χ4v) is 7.36. The Labute approximate surface area is 260 Å². The zero-order valence-electron chi connectivity index (χ0n) is 25.4. The van der Waals surface area contributed by atoms with Gasteiger partial charge >= 0.3 is 0 Å². The lowest BCUT2D eigenvalue weighted by Gasteiger charge is -2.54. The maximum Gasteiger partial charge on any atom is 0.251 e. The monoisotopic (exact) mass is 599 g/mol. The molecule has 1 aromatic heterocycles. The number of nitrogens with zero attached hydrogens (tertiary/aromatic N) is 3. The molecule has 10 heteroatoms. The number of hydrogen-bond donors (Lipinski definition) is 4. The molecule has 4 saturated carbocycles. The Balaban J connectivity index is 0.939. The van der Waals surface area contributed by atoms with Gasteiger partial charge in [-0.15, -0.1) is 0 Å². The molecule has 1 heterocycles. The third-order valence-electron chi connectivity index (χ3n) is 9.17. The summed E-state index contributed by atoms with van der Waals surface area (Å²) in [7, 11) is 0. The van der Waals surface area contributed by atoms with E-state index >= 15 is 0 Å². The standard InChI is InChI=1S/C34H45N7O3/c42-31(27-9-5-2-6-10-27)35-13-15-43-17-18-44-16-14-37-33-39-32(36-12-11-24-7-3-1-4-8-24)40-34(41-33)38-30-28-20-25-19-26(22-28)23-29(30)21-25/h1-10,25-26,28-30H,11-23H2,(H,35,42)(H3,36,37,38,39,40,41). The summed E-state index contributed by atoms with van der Waals surface area (Å²) in [5, 5.41) is 13.3. The molecule has 3 aromatic rings. The van der Waals surface area contributed by atoms with Gasteiger partial charge in [-0.05, 0) is 79.9 Å². The highest BCUT2D eigenvalue weighted by Gasteiger charge is 2.48. The highest BCUT2D eigenvalue weighted by atomic mass is 16.5.